The second-order valence-corrected chi connectivity index (χ2v) is 10.0. The molecule has 0 amide bonds. The van der Waals surface area contributed by atoms with Crippen LogP contribution in [-0.4, -0.2) is 17.5 Å². The van der Waals surface area contributed by atoms with Crippen LogP contribution in [0.4, 0.5) is 0 Å². The van der Waals surface area contributed by atoms with Crippen molar-refractivity contribution < 1.29 is 0 Å². The minimum Gasteiger partial charge on any atom is -0.371 e. The SMILES string of the molecule is CC1(C)C[C@H]2C[C@](C)(CN2C2=CC3=CC(=C(C#N)C#N)CC[C@@H]3CC2)C1. The fraction of sp³-hybridized carbons (Fsp3) is 0.652. The number of hydrogen-bond donors (Lipinski definition) is 0. The predicted octanol–water partition coefficient (Wildman–Crippen LogP) is 5.24. The lowest BCUT2D eigenvalue weighted by Gasteiger charge is -2.40. The molecular weight excluding hydrogens is 318 g/mol. The van der Waals surface area contributed by atoms with Crippen LogP contribution >= 0.6 is 0 Å². The molecule has 4 aliphatic rings. The summed E-state index contributed by atoms with van der Waals surface area (Å²) in [6.45, 7) is 8.52. The van der Waals surface area contributed by atoms with Crippen LogP contribution in [0.3, 0.4) is 0 Å². The molecule has 0 N–H and O–H groups in total. The third-order valence-corrected chi connectivity index (χ3v) is 6.99. The third kappa shape index (κ3) is 2.99. The zero-order chi connectivity index (χ0) is 18.5. The summed E-state index contributed by atoms with van der Waals surface area (Å²) < 4.78 is 0. The topological polar surface area (TPSA) is 50.8 Å². The largest absolute Gasteiger partial charge is 0.371 e. The molecule has 0 unspecified atom stereocenters. The van der Waals surface area contributed by atoms with Crippen molar-refractivity contribution in [3.05, 3.63) is 34.6 Å². The molecule has 1 saturated heterocycles. The molecule has 2 fully saturated rings. The van der Waals surface area contributed by atoms with Gasteiger partial charge in [0, 0.05) is 18.3 Å². The van der Waals surface area contributed by atoms with Crippen molar-refractivity contribution in [1.82, 2.24) is 4.90 Å². The average molecular weight is 348 g/mol. The van der Waals surface area contributed by atoms with E-state index >= 15 is 0 Å². The molecule has 4 rings (SSSR count). The molecule has 0 aromatic heterocycles. The number of nitrogens with zero attached hydrogens (tertiary/aromatic N) is 3. The van der Waals surface area contributed by atoms with E-state index in [1.165, 1.54) is 49.9 Å². The van der Waals surface area contributed by atoms with Crippen LogP contribution in [0.1, 0.15) is 65.7 Å². The summed E-state index contributed by atoms with van der Waals surface area (Å²) in [7, 11) is 0. The van der Waals surface area contributed by atoms with E-state index in [2.05, 4.69) is 50.0 Å². The maximum absolute atomic E-state index is 9.20. The summed E-state index contributed by atoms with van der Waals surface area (Å²) in [5, 5.41) is 18.4. The van der Waals surface area contributed by atoms with E-state index in [9.17, 15) is 10.5 Å². The summed E-state index contributed by atoms with van der Waals surface area (Å²) in [5.41, 5.74) is 4.97. The molecule has 3 aliphatic carbocycles. The van der Waals surface area contributed by atoms with Crippen LogP contribution in [0.2, 0.25) is 0 Å². The van der Waals surface area contributed by atoms with Gasteiger partial charge in [0.15, 0.2) is 0 Å². The highest BCUT2D eigenvalue weighted by Crippen LogP contribution is 2.54. The van der Waals surface area contributed by atoms with E-state index in [0.29, 0.717) is 28.4 Å². The predicted molar refractivity (Wildman–Crippen MR) is 103 cm³/mol. The van der Waals surface area contributed by atoms with Gasteiger partial charge in [-0.05, 0) is 78.9 Å². The minimum absolute atomic E-state index is 0.294. The van der Waals surface area contributed by atoms with E-state index in [1.807, 2.05) is 0 Å². The van der Waals surface area contributed by atoms with Crippen molar-refractivity contribution in [2.75, 3.05) is 6.54 Å². The summed E-state index contributed by atoms with van der Waals surface area (Å²) in [5.74, 6) is 0.607. The quantitative estimate of drug-likeness (QED) is 0.609. The molecule has 3 atom stereocenters. The number of allylic oxidation sites excluding steroid dienone is 6. The number of likely N-dealkylation sites (tertiary alicyclic amines) is 1. The van der Waals surface area contributed by atoms with Gasteiger partial charge in [0.25, 0.3) is 0 Å². The lowest BCUT2D eigenvalue weighted by molar-refractivity contribution is 0.130. The van der Waals surface area contributed by atoms with Crippen molar-refractivity contribution in [1.29, 1.82) is 10.5 Å². The van der Waals surface area contributed by atoms with Crippen LogP contribution in [-0.2, 0) is 0 Å². The van der Waals surface area contributed by atoms with E-state index in [4.69, 9.17) is 0 Å². The first-order chi connectivity index (χ1) is 12.3. The molecule has 1 heterocycles. The first-order valence-electron chi connectivity index (χ1n) is 10.0. The summed E-state index contributed by atoms with van der Waals surface area (Å²) in [6, 6.07) is 4.82. The smallest absolute Gasteiger partial charge is 0.132 e. The Balaban J connectivity index is 1.65. The van der Waals surface area contributed by atoms with Crippen molar-refractivity contribution in [2.45, 2.75) is 71.8 Å². The molecular formula is C23H29N3. The molecule has 1 saturated carbocycles. The Morgan fingerprint density at radius 3 is 2.54 bits per heavy atom. The van der Waals surface area contributed by atoms with Gasteiger partial charge in [-0.1, -0.05) is 26.8 Å². The number of fused-ring (bicyclic) bond motifs is 3. The highest BCUT2D eigenvalue weighted by atomic mass is 15.2. The normalized spacial score (nSPS) is 35.0. The van der Waals surface area contributed by atoms with Gasteiger partial charge in [-0.15, -0.1) is 0 Å². The molecule has 0 aromatic rings. The molecule has 1 aliphatic heterocycles. The van der Waals surface area contributed by atoms with E-state index < -0.39 is 0 Å². The van der Waals surface area contributed by atoms with Crippen molar-refractivity contribution in [3.8, 4) is 12.1 Å². The fourth-order valence-electron chi connectivity index (χ4n) is 6.33. The van der Waals surface area contributed by atoms with Gasteiger partial charge < -0.3 is 4.90 Å². The Bertz CT molecular complexity index is 782. The second kappa shape index (κ2) is 6.02. The standard InChI is InChI=1S/C23H29N3/c1-22(2)10-21-11-23(3,14-22)15-26(21)20-7-6-16-4-5-17(8-18(16)9-20)19(12-24)13-25/h8-9,16,21H,4-7,10-11,14-15H2,1-3H3/t16-,21+,23+/m1/s1. The van der Waals surface area contributed by atoms with Crippen molar-refractivity contribution >= 4 is 0 Å². The number of rotatable bonds is 1. The molecule has 3 nitrogen and oxygen atoms in total. The zero-order valence-electron chi connectivity index (χ0n) is 16.3. The highest BCUT2D eigenvalue weighted by Gasteiger charge is 2.50. The maximum Gasteiger partial charge on any atom is 0.132 e. The molecule has 3 heteroatoms. The minimum atomic E-state index is 0.294. The second-order valence-electron chi connectivity index (χ2n) is 10.0. The molecule has 0 spiro atoms. The van der Waals surface area contributed by atoms with Gasteiger partial charge >= 0.3 is 0 Å². The van der Waals surface area contributed by atoms with E-state index in [-0.39, 0.29) is 0 Å². The maximum atomic E-state index is 9.20. The number of nitriles is 2. The lowest BCUT2D eigenvalue weighted by atomic mass is 9.65. The Morgan fingerprint density at radius 1 is 1.08 bits per heavy atom. The van der Waals surface area contributed by atoms with Crippen LogP contribution in [0.15, 0.2) is 34.6 Å². The summed E-state index contributed by atoms with van der Waals surface area (Å²) in [4.78, 5) is 2.71. The monoisotopic (exact) mass is 347 g/mol. The Morgan fingerprint density at radius 2 is 1.81 bits per heavy atom. The van der Waals surface area contributed by atoms with Gasteiger partial charge in [-0.3, -0.25) is 0 Å². The van der Waals surface area contributed by atoms with Gasteiger partial charge in [0.05, 0.1) is 0 Å². The molecule has 26 heavy (non-hydrogen) atoms. The van der Waals surface area contributed by atoms with Crippen LogP contribution in [0, 0.1) is 39.4 Å². The van der Waals surface area contributed by atoms with Crippen LogP contribution < -0.4 is 0 Å². The fourth-order valence-corrected chi connectivity index (χ4v) is 6.33. The lowest BCUT2D eigenvalue weighted by Crippen LogP contribution is -2.35. The van der Waals surface area contributed by atoms with Crippen molar-refractivity contribution in [2.24, 2.45) is 16.7 Å². The highest BCUT2D eigenvalue weighted by molar-refractivity contribution is 5.49. The van der Waals surface area contributed by atoms with E-state index in [0.717, 1.165) is 18.4 Å². The van der Waals surface area contributed by atoms with Gasteiger partial charge in [-0.25, -0.2) is 0 Å². The Hall–Kier alpha value is -2.00. The van der Waals surface area contributed by atoms with Crippen LogP contribution in [0.5, 0.6) is 0 Å². The van der Waals surface area contributed by atoms with Gasteiger partial charge in [-0.2, -0.15) is 10.5 Å². The van der Waals surface area contributed by atoms with E-state index in [1.54, 1.807) is 0 Å². The Labute approximate surface area is 157 Å². The molecule has 0 radical (unpaired) electrons. The summed E-state index contributed by atoms with van der Waals surface area (Å²) in [6.07, 6.45) is 12.8. The molecule has 2 bridgehead atoms. The van der Waals surface area contributed by atoms with Gasteiger partial charge in [0.1, 0.15) is 17.7 Å². The third-order valence-electron chi connectivity index (χ3n) is 6.99. The van der Waals surface area contributed by atoms with Gasteiger partial charge in [0.2, 0.25) is 0 Å². The molecule has 136 valence electrons. The van der Waals surface area contributed by atoms with Crippen molar-refractivity contribution in [3.63, 3.8) is 0 Å². The van der Waals surface area contributed by atoms with Crippen LogP contribution in [0.25, 0.3) is 0 Å². The average Bonchev–Trinajstić information content (AvgIpc) is 2.84. The first kappa shape index (κ1) is 17.4. The zero-order valence-corrected chi connectivity index (χ0v) is 16.3. The number of hydrogen-bond acceptors (Lipinski definition) is 3. The summed E-state index contributed by atoms with van der Waals surface area (Å²) >= 11 is 0. The molecule has 0 aromatic carbocycles. The first-order valence-corrected chi connectivity index (χ1v) is 10.0. The Kier molecular flexibility index (Phi) is 4.03.